The molecule has 1 N–H and O–H groups in total. The number of methoxy groups -OCH3 is 2. The number of esters is 1. The molecule has 0 fully saturated rings. The minimum Gasteiger partial charge on any atom is -0.508 e. The summed E-state index contributed by atoms with van der Waals surface area (Å²) in [6, 6.07) is 12.3. The van der Waals surface area contributed by atoms with E-state index in [-0.39, 0.29) is 5.75 Å². The first-order chi connectivity index (χ1) is 10.1. The van der Waals surface area contributed by atoms with Gasteiger partial charge in [-0.3, -0.25) is 4.79 Å². The topological polar surface area (TPSA) is 55.8 Å². The van der Waals surface area contributed by atoms with Crippen molar-refractivity contribution in [1.82, 2.24) is 0 Å². The average Bonchev–Trinajstić information content (AvgIpc) is 2.49. The Balaban J connectivity index is 2.65. The molecule has 0 radical (unpaired) electrons. The van der Waals surface area contributed by atoms with Crippen molar-refractivity contribution in [3.63, 3.8) is 0 Å². The summed E-state index contributed by atoms with van der Waals surface area (Å²) in [5.41, 5.74) is 2.16. The zero-order valence-electron chi connectivity index (χ0n) is 12.3. The molecular formula is C17H18O4. The summed E-state index contributed by atoms with van der Waals surface area (Å²) < 4.78 is 10.3. The third-order valence-electron chi connectivity index (χ3n) is 3.38. The highest BCUT2D eigenvalue weighted by Gasteiger charge is 2.29. The van der Waals surface area contributed by atoms with Crippen molar-refractivity contribution in [1.29, 1.82) is 0 Å². The number of hydrogen-bond donors (Lipinski definition) is 1. The number of para-hydroxylation sites is 1. The molecule has 0 bridgehead atoms. The average molecular weight is 286 g/mol. The SMILES string of the molecule is COC(=O)C(c1ccccc1O)c1cc(C)ccc1OC. The molecule has 2 rings (SSSR count). The van der Waals surface area contributed by atoms with Crippen LogP contribution in [-0.4, -0.2) is 25.3 Å². The lowest BCUT2D eigenvalue weighted by molar-refractivity contribution is -0.141. The zero-order valence-corrected chi connectivity index (χ0v) is 12.3. The molecule has 110 valence electrons. The minimum absolute atomic E-state index is 0.0523. The summed E-state index contributed by atoms with van der Waals surface area (Å²) in [6.07, 6.45) is 0. The smallest absolute Gasteiger partial charge is 0.317 e. The standard InChI is InChI=1S/C17H18O4/c1-11-8-9-15(20-2)13(10-11)16(17(19)21-3)12-6-4-5-7-14(12)18/h4-10,16,18H,1-3H3. The minimum atomic E-state index is -0.731. The molecule has 0 amide bonds. The normalized spacial score (nSPS) is 11.8. The van der Waals surface area contributed by atoms with Crippen molar-refractivity contribution in [3.05, 3.63) is 59.2 Å². The lowest BCUT2D eigenvalue weighted by Gasteiger charge is -2.19. The number of phenolic OH excluding ortho intramolecular Hbond substituents is 1. The molecule has 2 aromatic carbocycles. The first-order valence-corrected chi connectivity index (χ1v) is 6.58. The molecule has 0 aliphatic carbocycles. The third kappa shape index (κ3) is 2.99. The van der Waals surface area contributed by atoms with Crippen LogP contribution in [0.1, 0.15) is 22.6 Å². The molecule has 0 aliphatic heterocycles. The Hall–Kier alpha value is -2.49. The molecule has 4 heteroatoms. The van der Waals surface area contributed by atoms with Gasteiger partial charge in [-0.25, -0.2) is 0 Å². The van der Waals surface area contributed by atoms with Gasteiger partial charge in [-0.1, -0.05) is 35.9 Å². The van der Waals surface area contributed by atoms with E-state index in [4.69, 9.17) is 9.47 Å². The van der Waals surface area contributed by atoms with Gasteiger partial charge in [0.15, 0.2) is 0 Å². The Morgan fingerprint density at radius 3 is 2.43 bits per heavy atom. The molecule has 0 aromatic heterocycles. The summed E-state index contributed by atoms with van der Waals surface area (Å²) >= 11 is 0. The number of hydrogen-bond acceptors (Lipinski definition) is 4. The van der Waals surface area contributed by atoms with Crippen LogP contribution in [0.25, 0.3) is 0 Å². The van der Waals surface area contributed by atoms with E-state index in [1.54, 1.807) is 37.4 Å². The van der Waals surface area contributed by atoms with Gasteiger partial charge >= 0.3 is 5.97 Å². The summed E-state index contributed by atoms with van der Waals surface area (Å²) in [5, 5.41) is 10.1. The summed E-state index contributed by atoms with van der Waals surface area (Å²) in [7, 11) is 2.88. The molecule has 2 aromatic rings. The molecule has 4 nitrogen and oxygen atoms in total. The number of benzene rings is 2. The highest BCUT2D eigenvalue weighted by atomic mass is 16.5. The maximum atomic E-state index is 12.3. The van der Waals surface area contributed by atoms with Crippen LogP contribution in [0.4, 0.5) is 0 Å². The van der Waals surface area contributed by atoms with Gasteiger partial charge in [0.05, 0.1) is 14.2 Å². The van der Waals surface area contributed by atoms with Crippen molar-refractivity contribution >= 4 is 5.97 Å². The fourth-order valence-electron chi connectivity index (χ4n) is 2.35. The number of carbonyl (C=O) groups is 1. The Kier molecular flexibility index (Phi) is 4.48. The van der Waals surface area contributed by atoms with Crippen molar-refractivity contribution in [2.45, 2.75) is 12.8 Å². The van der Waals surface area contributed by atoms with E-state index < -0.39 is 11.9 Å². The van der Waals surface area contributed by atoms with Crippen molar-refractivity contribution in [2.75, 3.05) is 14.2 Å². The number of ether oxygens (including phenoxy) is 2. The second-order valence-corrected chi connectivity index (χ2v) is 4.76. The van der Waals surface area contributed by atoms with Crippen molar-refractivity contribution < 1.29 is 19.4 Å². The van der Waals surface area contributed by atoms with E-state index in [0.29, 0.717) is 16.9 Å². The van der Waals surface area contributed by atoms with Crippen LogP contribution in [0.3, 0.4) is 0 Å². The lowest BCUT2D eigenvalue weighted by atomic mass is 9.89. The zero-order chi connectivity index (χ0) is 15.4. The first-order valence-electron chi connectivity index (χ1n) is 6.58. The fourth-order valence-corrected chi connectivity index (χ4v) is 2.35. The van der Waals surface area contributed by atoms with Crippen molar-refractivity contribution in [3.8, 4) is 11.5 Å². The lowest BCUT2D eigenvalue weighted by Crippen LogP contribution is -2.17. The van der Waals surface area contributed by atoms with E-state index in [1.165, 1.54) is 7.11 Å². The summed E-state index contributed by atoms with van der Waals surface area (Å²) in [5.74, 6) is -0.540. The Morgan fingerprint density at radius 1 is 1.10 bits per heavy atom. The molecule has 1 atom stereocenters. The second-order valence-electron chi connectivity index (χ2n) is 4.76. The first kappa shape index (κ1) is 14.9. The van der Waals surface area contributed by atoms with E-state index >= 15 is 0 Å². The molecular weight excluding hydrogens is 268 g/mol. The van der Waals surface area contributed by atoms with Gasteiger partial charge in [0, 0.05) is 11.1 Å². The van der Waals surface area contributed by atoms with E-state index in [1.807, 2.05) is 19.1 Å². The van der Waals surface area contributed by atoms with Crippen molar-refractivity contribution in [2.24, 2.45) is 0 Å². The number of phenols is 1. The van der Waals surface area contributed by atoms with Crippen LogP contribution in [-0.2, 0) is 9.53 Å². The van der Waals surface area contributed by atoms with Gasteiger partial charge < -0.3 is 14.6 Å². The Bertz CT molecular complexity index is 649. The number of rotatable bonds is 4. The van der Waals surface area contributed by atoms with E-state index in [9.17, 15) is 9.90 Å². The van der Waals surface area contributed by atoms with E-state index in [0.717, 1.165) is 5.56 Å². The molecule has 0 saturated carbocycles. The Labute approximate surface area is 123 Å². The van der Waals surface area contributed by atoms with Crippen LogP contribution < -0.4 is 4.74 Å². The third-order valence-corrected chi connectivity index (χ3v) is 3.38. The van der Waals surface area contributed by atoms with Gasteiger partial charge in [0.25, 0.3) is 0 Å². The molecule has 0 spiro atoms. The predicted octanol–water partition coefficient (Wildman–Crippen LogP) is 3.01. The molecule has 21 heavy (non-hydrogen) atoms. The Morgan fingerprint density at radius 2 is 1.81 bits per heavy atom. The maximum absolute atomic E-state index is 12.3. The van der Waals surface area contributed by atoms with E-state index in [2.05, 4.69) is 0 Å². The van der Waals surface area contributed by atoms with Gasteiger partial charge in [-0.2, -0.15) is 0 Å². The molecule has 0 saturated heterocycles. The number of aromatic hydroxyl groups is 1. The second kappa shape index (κ2) is 6.31. The number of carbonyl (C=O) groups excluding carboxylic acids is 1. The predicted molar refractivity (Wildman–Crippen MR) is 79.7 cm³/mol. The molecule has 0 heterocycles. The summed E-state index contributed by atoms with van der Waals surface area (Å²) in [4.78, 5) is 12.3. The quantitative estimate of drug-likeness (QED) is 0.878. The fraction of sp³-hybridized carbons (Fsp3) is 0.235. The maximum Gasteiger partial charge on any atom is 0.317 e. The monoisotopic (exact) mass is 286 g/mol. The number of aryl methyl sites for hydroxylation is 1. The van der Waals surface area contributed by atoms with Crippen LogP contribution in [0.5, 0.6) is 11.5 Å². The van der Waals surface area contributed by atoms with Gasteiger partial charge in [-0.05, 0) is 19.1 Å². The summed E-state index contributed by atoms with van der Waals surface area (Å²) in [6.45, 7) is 1.93. The highest BCUT2D eigenvalue weighted by molar-refractivity contribution is 5.84. The van der Waals surface area contributed by atoms with Crippen LogP contribution >= 0.6 is 0 Å². The van der Waals surface area contributed by atoms with Crippen LogP contribution in [0.2, 0.25) is 0 Å². The van der Waals surface area contributed by atoms with Crippen LogP contribution in [0, 0.1) is 6.92 Å². The largest absolute Gasteiger partial charge is 0.508 e. The van der Waals surface area contributed by atoms with Gasteiger partial charge in [0.1, 0.15) is 17.4 Å². The molecule has 1 unspecified atom stereocenters. The van der Waals surface area contributed by atoms with Gasteiger partial charge in [-0.15, -0.1) is 0 Å². The highest BCUT2D eigenvalue weighted by Crippen LogP contribution is 2.37. The van der Waals surface area contributed by atoms with Gasteiger partial charge in [0.2, 0.25) is 0 Å². The van der Waals surface area contributed by atoms with Crippen LogP contribution in [0.15, 0.2) is 42.5 Å². The molecule has 0 aliphatic rings.